The Bertz CT molecular complexity index is 830. The van der Waals surface area contributed by atoms with E-state index in [9.17, 15) is 13.0 Å². The molecule has 0 aliphatic carbocycles. The van der Waals surface area contributed by atoms with E-state index in [4.69, 9.17) is 21.4 Å². The lowest BCUT2D eigenvalue weighted by Gasteiger charge is -2.15. The molecule has 0 radical (unpaired) electrons. The molecule has 0 bridgehead atoms. The molecule has 3 N–H and O–H groups in total. The molecule has 2 rings (SSSR count). The highest BCUT2D eigenvalue weighted by Crippen LogP contribution is 2.39. The Kier molecular flexibility index (Phi) is 5.30. The van der Waals surface area contributed by atoms with Crippen LogP contribution in [0.15, 0.2) is 53.4 Å². The van der Waals surface area contributed by atoms with Crippen molar-refractivity contribution < 1.29 is 22.8 Å². The number of nitrogens with one attached hydrogen (secondary N) is 1. The molecule has 2 aromatic carbocycles. The van der Waals surface area contributed by atoms with E-state index in [0.29, 0.717) is 5.02 Å². The summed E-state index contributed by atoms with van der Waals surface area (Å²) in [6, 6.07) is 13.0. The van der Waals surface area contributed by atoms with Gasteiger partial charge in [-0.2, -0.15) is 4.72 Å². The van der Waals surface area contributed by atoms with Crippen LogP contribution >= 0.6 is 19.2 Å². The summed E-state index contributed by atoms with van der Waals surface area (Å²) in [5.74, 6) is -1.50. The van der Waals surface area contributed by atoms with E-state index in [2.05, 4.69) is 0 Å². The zero-order valence-corrected chi connectivity index (χ0v) is 14.5. The first kappa shape index (κ1) is 18.1. The summed E-state index contributed by atoms with van der Waals surface area (Å²) in [4.78, 5) is 17.9. The van der Waals surface area contributed by atoms with Gasteiger partial charge in [0, 0.05) is 5.02 Å². The monoisotopic (exact) mass is 375 g/mol. The molecule has 0 amide bonds. The molecule has 6 nitrogen and oxygen atoms in total. The van der Waals surface area contributed by atoms with Gasteiger partial charge in [0.2, 0.25) is 10.0 Å². The first-order chi connectivity index (χ1) is 10.6. The minimum absolute atomic E-state index is 0.0736. The van der Waals surface area contributed by atoms with E-state index in [1.54, 1.807) is 36.4 Å². The van der Waals surface area contributed by atoms with Gasteiger partial charge < -0.3 is 9.79 Å². The molecule has 0 saturated carbocycles. The predicted molar refractivity (Wildman–Crippen MR) is 88.7 cm³/mol. The number of sulfonamides is 1. The lowest BCUT2D eigenvalue weighted by Crippen LogP contribution is -2.32. The third-order valence-corrected chi connectivity index (χ3v) is 6.29. The number of hydrogen-bond acceptors (Lipinski definition) is 3. The fraction of sp³-hybridized carbons (Fsp3) is 0.143. The van der Waals surface area contributed by atoms with Gasteiger partial charge in [-0.25, -0.2) is 8.42 Å². The first-order valence-electron chi connectivity index (χ1n) is 6.53. The second-order valence-electron chi connectivity index (χ2n) is 4.92. The van der Waals surface area contributed by atoms with Crippen LogP contribution in [0.4, 0.5) is 0 Å². The molecule has 0 unspecified atom stereocenters. The highest BCUT2D eigenvalue weighted by atomic mass is 35.5. The lowest BCUT2D eigenvalue weighted by molar-refractivity contribution is 0.357. The second-order valence-corrected chi connectivity index (χ2v) is 9.02. The van der Waals surface area contributed by atoms with E-state index in [1.807, 2.05) is 4.72 Å². The third kappa shape index (κ3) is 4.64. The lowest BCUT2D eigenvalue weighted by atomic mass is 10.1. The Balaban J connectivity index is 2.25. The minimum Gasteiger partial charge on any atom is -0.323 e. The summed E-state index contributed by atoms with van der Waals surface area (Å²) < 4.78 is 37.3. The maximum absolute atomic E-state index is 12.1. The molecule has 124 valence electrons. The molecule has 0 saturated heterocycles. The summed E-state index contributed by atoms with van der Waals surface area (Å²) in [5.41, 5.74) is 1.67. The van der Waals surface area contributed by atoms with Crippen LogP contribution in [0.2, 0.25) is 5.02 Å². The van der Waals surface area contributed by atoms with Crippen LogP contribution < -0.4 is 4.72 Å². The molecule has 0 aromatic heterocycles. The van der Waals surface area contributed by atoms with Gasteiger partial charge in [-0.05, 0) is 42.3 Å². The van der Waals surface area contributed by atoms with Crippen molar-refractivity contribution in [2.75, 3.05) is 0 Å². The SMILES string of the molecule is C[C@H](NS(=O)(=O)c1ccc(-c2ccc(Cl)cc2)cc1)P(=O)(O)O. The molecule has 1 atom stereocenters. The Morgan fingerprint density at radius 1 is 1.00 bits per heavy atom. The van der Waals surface area contributed by atoms with Crippen LogP contribution in [0.5, 0.6) is 0 Å². The molecule has 0 fully saturated rings. The van der Waals surface area contributed by atoms with E-state index < -0.39 is 23.4 Å². The summed E-state index contributed by atoms with van der Waals surface area (Å²) in [7, 11) is -8.55. The Labute approximate surface area is 139 Å². The number of benzene rings is 2. The fourth-order valence-corrected chi connectivity index (χ4v) is 4.00. The fourth-order valence-electron chi connectivity index (χ4n) is 1.83. The molecular formula is C14H15ClNO5PS. The van der Waals surface area contributed by atoms with Gasteiger partial charge in [-0.3, -0.25) is 4.57 Å². The highest BCUT2D eigenvalue weighted by Gasteiger charge is 2.29. The second kappa shape index (κ2) is 6.73. The molecule has 0 heterocycles. The topological polar surface area (TPSA) is 104 Å². The smallest absolute Gasteiger partial charge is 0.323 e. The Morgan fingerprint density at radius 3 is 1.87 bits per heavy atom. The molecule has 23 heavy (non-hydrogen) atoms. The van der Waals surface area contributed by atoms with Crippen LogP contribution in [-0.2, 0) is 14.6 Å². The molecule has 0 spiro atoms. The highest BCUT2D eigenvalue weighted by molar-refractivity contribution is 7.89. The molecule has 2 aromatic rings. The van der Waals surface area contributed by atoms with Gasteiger partial charge in [0.25, 0.3) is 0 Å². The average molecular weight is 376 g/mol. The van der Waals surface area contributed by atoms with Gasteiger partial charge >= 0.3 is 7.60 Å². The van der Waals surface area contributed by atoms with Crippen molar-refractivity contribution in [3.05, 3.63) is 53.6 Å². The van der Waals surface area contributed by atoms with E-state index >= 15 is 0 Å². The molecule has 0 aliphatic heterocycles. The standard InChI is InChI=1S/C14H15ClNO5PS/c1-10(22(17,18)19)16-23(20,21)14-8-4-12(5-9-14)11-2-6-13(15)7-3-11/h2-10,16H,1H3,(H2,17,18,19)/t10-/m1/s1. The van der Waals surface area contributed by atoms with Crippen molar-refractivity contribution in [3.8, 4) is 11.1 Å². The summed E-state index contributed by atoms with van der Waals surface area (Å²) in [6.45, 7) is 1.11. The zero-order valence-electron chi connectivity index (χ0n) is 12.0. The van der Waals surface area contributed by atoms with Crippen molar-refractivity contribution in [2.24, 2.45) is 0 Å². The van der Waals surface area contributed by atoms with E-state index in [-0.39, 0.29) is 4.90 Å². The largest absolute Gasteiger partial charge is 0.343 e. The van der Waals surface area contributed by atoms with Crippen LogP contribution in [0.3, 0.4) is 0 Å². The van der Waals surface area contributed by atoms with Crippen LogP contribution in [-0.4, -0.2) is 24.0 Å². The Morgan fingerprint density at radius 2 is 1.43 bits per heavy atom. The Hall–Kier alpha value is -1.21. The zero-order chi connectivity index (χ0) is 17.3. The van der Waals surface area contributed by atoms with Crippen molar-refractivity contribution in [1.29, 1.82) is 0 Å². The van der Waals surface area contributed by atoms with Gasteiger partial charge in [0.15, 0.2) is 0 Å². The van der Waals surface area contributed by atoms with Gasteiger partial charge in [-0.15, -0.1) is 0 Å². The molecular weight excluding hydrogens is 361 g/mol. The summed E-state index contributed by atoms with van der Waals surface area (Å²) >= 11 is 5.82. The van der Waals surface area contributed by atoms with Crippen LogP contribution in [0.1, 0.15) is 6.92 Å². The normalized spacial score (nSPS) is 13.7. The van der Waals surface area contributed by atoms with Gasteiger partial charge in [0.1, 0.15) is 5.78 Å². The summed E-state index contributed by atoms with van der Waals surface area (Å²) in [6.07, 6.45) is 0. The third-order valence-electron chi connectivity index (χ3n) is 3.17. The van der Waals surface area contributed by atoms with Crippen LogP contribution in [0, 0.1) is 0 Å². The minimum atomic E-state index is -4.54. The van der Waals surface area contributed by atoms with Crippen LogP contribution in [0.25, 0.3) is 11.1 Å². The summed E-state index contributed by atoms with van der Waals surface area (Å²) in [5, 5.41) is 0.601. The maximum atomic E-state index is 12.1. The predicted octanol–water partition coefficient (Wildman–Crippen LogP) is 2.81. The van der Waals surface area contributed by atoms with Gasteiger partial charge in [0.05, 0.1) is 4.90 Å². The average Bonchev–Trinajstić information content (AvgIpc) is 2.47. The van der Waals surface area contributed by atoms with Crippen molar-refractivity contribution >= 4 is 29.2 Å². The number of rotatable bonds is 5. The van der Waals surface area contributed by atoms with E-state index in [0.717, 1.165) is 18.1 Å². The molecule has 0 aliphatic rings. The van der Waals surface area contributed by atoms with E-state index in [1.165, 1.54) is 12.1 Å². The maximum Gasteiger partial charge on any atom is 0.343 e. The van der Waals surface area contributed by atoms with Crippen molar-refractivity contribution in [2.45, 2.75) is 17.6 Å². The van der Waals surface area contributed by atoms with Gasteiger partial charge in [-0.1, -0.05) is 35.9 Å². The number of halogens is 1. The molecule has 9 heteroatoms. The number of hydrogen-bond donors (Lipinski definition) is 3. The van der Waals surface area contributed by atoms with Crippen molar-refractivity contribution in [3.63, 3.8) is 0 Å². The quantitative estimate of drug-likeness (QED) is 0.697. The first-order valence-corrected chi connectivity index (χ1v) is 10.1. The van der Waals surface area contributed by atoms with Crippen molar-refractivity contribution in [1.82, 2.24) is 4.72 Å².